The van der Waals surface area contributed by atoms with Crippen LogP contribution in [0.1, 0.15) is 19.8 Å². The Kier molecular flexibility index (Phi) is 6.52. The molecule has 1 amide bonds. The third-order valence-electron chi connectivity index (χ3n) is 4.95. The first-order chi connectivity index (χ1) is 13.0. The molecule has 0 bridgehead atoms. The van der Waals surface area contributed by atoms with Gasteiger partial charge in [0.15, 0.2) is 0 Å². The quantitative estimate of drug-likeness (QED) is 0.777. The molecule has 0 aliphatic carbocycles. The monoisotopic (exact) mass is 372 g/mol. The molecule has 0 saturated carbocycles. The predicted octanol–water partition coefficient (Wildman–Crippen LogP) is 0.891. The summed E-state index contributed by atoms with van der Waals surface area (Å²) >= 11 is 0. The molecule has 8 nitrogen and oxygen atoms in total. The van der Waals surface area contributed by atoms with Crippen molar-refractivity contribution in [1.29, 1.82) is 0 Å². The lowest BCUT2D eigenvalue weighted by Crippen LogP contribution is -2.42. The molecule has 27 heavy (non-hydrogen) atoms. The maximum Gasteiger partial charge on any atom is 0.245 e. The molecule has 1 aromatic carbocycles. The predicted molar refractivity (Wildman–Crippen MR) is 102 cm³/mol. The van der Waals surface area contributed by atoms with Crippen LogP contribution in [0.15, 0.2) is 30.3 Å². The summed E-state index contributed by atoms with van der Waals surface area (Å²) in [7, 11) is 1.83. The fourth-order valence-electron chi connectivity index (χ4n) is 3.47. The summed E-state index contributed by atoms with van der Waals surface area (Å²) in [6.45, 7) is 5.33. The Morgan fingerprint density at radius 3 is 2.67 bits per heavy atom. The van der Waals surface area contributed by atoms with Gasteiger partial charge >= 0.3 is 0 Å². The number of nitrogens with zero attached hydrogens (tertiary/aromatic N) is 6. The van der Waals surface area contributed by atoms with Crippen LogP contribution in [0, 0.1) is 5.92 Å². The van der Waals surface area contributed by atoms with E-state index in [1.54, 1.807) is 4.90 Å². The van der Waals surface area contributed by atoms with E-state index in [-0.39, 0.29) is 18.6 Å². The maximum atomic E-state index is 12.5. The number of piperidine rings is 1. The van der Waals surface area contributed by atoms with Crippen molar-refractivity contribution in [2.24, 2.45) is 5.92 Å². The number of hydrogen-bond donors (Lipinski definition) is 1. The van der Waals surface area contributed by atoms with Gasteiger partial charge in [-0.1, -0.05) is 30.3 Å². The van der Waals surface area contributed by atoms with Crippen LogP contribution in [0.3, 0.4) is 0 Å². The number of tetrazole rings is 1. The zero-order chi connectivity index (χ0) is 19.2. The Labute approximate surface area is 159 Å². The van der Waals surface area contributed by atoms with Crippen molar-refractivity contribution in [3.05, 3.63) is 30.3 Å². The van der Waals surface area contributed by atoms with Crippen molar-refractivity contribution in [3.63, 3.8) is 0 Å². The minimum absolute atomic E-state index is 0.0154. The molecular formula is C19H28N6O2. The molecule has 1 aliphatic rings. The molecule has 1 aliphatic heterocycles. The highest BCUT2D eigenvalue weighted by molar-refractivity contribution is 5.75. The lowest BCUT2D eigenvalue weighted by Gasteiger charge is -2.34. The van der Waals surface area contributed by atoms with Crippen LogP contribution >= 0.6 is 0 Å². The molecule has 1 atom stereocenters. The van der Waals surface area contributed by atoms with Crippen molar-refractivity contribution in [3.8, 4) is 11.4 Å². The summed E-state index contributed by atoms with van der Waals surface area (Å²) < 4.78 is 0. The molecule has 0 spiro atoms. The number of hydrogen-bond acceptors (Lipinski definition) is 6. The van der Waals surface area contributed by atoms with Gasteiger partial charge in [-0.25, -0.2) is 0 Å². The van der Waals surface area contributed by atoms with E-state index in [1.807, 2.05) is 44.3 Å². The molecule has 1 saturated heterocycles. The van der Waals surface area contributed by atoms with Gasteiger partial charge in [-0.15, -0.1) is 10.2 Å². The highest BCUT2D eigenvalue weighted by Crippen LogP contribution is 2.18. The number of rotatable bonds is 7. The van der Waals surface area contributed by atoms with Crippen LogP contribution in [0.2, 0.25) is 0 Å². The fraction of sp³-hybridized carbons (Fsp3) is 0.579. The summed E-state index contributed by atoms with van der Waals surface area (Å²) in [6.07, 6.45) is 1.80. The average molecular weight is 372 g/mol. The van der Waals surface area contributed by atoms with E-state index in [0.29, 0.717) is 11.7 Å². The van der Waals surface area contributed by atoms with Gasteiger partial charge in [0.1, 0.15) is 6.54 Å². The van der Waals surface area contributed by atoms with Gasteiger partial charge in [0.2, 0.25) is 11.7 Å². The highest BCUT2D eigenvalue weighted by atomic mass is 16.3. The molecular weight excluding hydrogens is 344 g/mol. The second-order valence-electron chi connectivity index (χ2n) is 7.38. The molecule has 1 N–H and O–H groups in total. The molecule has 2 heterocycles. The molecule has 8 heteroatoms. The SMILES string of the molecule is CC(O)CN1CCC(CN(C)C(=O)Cn2nnc(-c3ccccc3)n2)CC1. The van der Waals surface area contributed by atoms with E-state index in [4.69, 9.17) is 0 Å². The summed E-state index contributed by atoms with van der Waals surface area (Å²) in [5, 5.41) is 21.8. The van der Waals surface area contributed by atoms with E-state index in [1.165, 1.54) is 4.80 Å². The van der Waals surface area contributed by atoms with Crippen LogP contribution in [-0.4, -0.2) is 80.4 Å². The number of aromatic nitrogens is 4. The zero-order valence-corrected chi connectivity index (χ0v) is 16.0. The first-order valence-corrected chi connectivity index (χ1v) is 9.49. The van der Waals surface area contributed by atoms with Gasteiger partial charge in [0.25, 0.3) is 0 Å². The van der Waals surface area contributed by atoms with E-state index in [2.05, 4.69) is 20.3 Å². The number of benzene rings is 1. The zero-order valence-electron chi connectivity index (χ0n) is 16.0. The van der Waals surface area contributed by atoms with Crippen LogP contribution in [0.5, 0.6) is 0 Å². The Balaban J connectivity index is 1.47. The third kappa shape index (κ3) is 5.58. The largest absolute Gasteiger partial charge is 0.392 e. The third-order valence-corrected chi connectivity index (χ3v) is 4.95. The number of β-amino-alcohol motifs (C(OH)–C–C–N with tert-alkyl or cyclic N) is 1. The number of amides is 1. The van der Waals surface area contributed by atoms with Gasteiger partial charge in [0, 0.05) is 25.7 Å². The topological polar surface area (TPSA) is 87.4 Å². The Morgan fingerprint density at radius 1 is 1.30 bits per heavy atom. The number of likely N-dealkylation sites (N-methyl/N-ethyl adjacent to an activating group) is 1. The van der Waals surface area contributed by atoms with Gasteiger partial charge in [-0.2, -0.15) is 4.80 Å². The number of aliphatic hydroxyl groups excluding tert-OH is 1. The summed E-state index contributed by atoms with van der Waals surface area (Å²) in [6, 6.07) is 9.60. The lowest BCUT2D eigenvalue weighted by atomic mass is 9.96. The highest BCUT2D eigenvalue weighted by Gasteiger charge is 2.23. The number of likely N-dealkylation sites (tertiary alicyclic amines) is 1. The number of aliphatic hydroxyl groups is 1. The Morgan fingerprint density at radius 2 is 2.00 bits per heavy atom. The molecule has 1 fully saturated rings. The number of carbonyl (C=O) groups is 1. The van der Waals surface area contributed by atoms with Gasteiger partial charge < -0.3 is 14.9 Å². The van der Waals surface area contributed by atoms with Crippen molar-refractivity contribution in [1.82, 2.24) is 30.0 Å². The van der Waals surface area contributed by atoms with Crippen molar-refractivity contribution in [2.45, 2.75) is 32.4 Å². The smallest absolute Gasteiger partial charge is 0.245 e. The van der Waals surface area contributed by atoms with Crippen LogP contribution in [-0.2, 0) is 11.3 Å². The van der Waals surface area contributed by atoms with Gasteiger partial charge in [0.05, 0.1) is 6.10 Å². The van der Waals surface area contributed by atoms with Crippen LogP contribution < -0.4 is 0 Å². The summed E-state index contributed by atoms with van der Waals surface area (Å²) in [5.74, 6) is 1.00. The normalized spacial score (nSPS) is 17.0. The fourth-order valence-corrected chi connectivity index (χ4v) is 3.47. The van der Waals surface area contributed by atoms with E-state index >= 15 is 0 Å². The number of carbonyl (C=O) groups excluding carboxylic acids is 1. The minimum atomic E-state index is -0.290. The minimum Gasteiger partial charge on any atom is -0.392 e. The molecule has 146 valence electrons. The van der Waals surface area contributed by atoms with Crippen LogP contribution in [0.25, 0.3) is 11.4 Å². The summed E-state index contributed by atoms with van der Waals surface area (Å²) in [4.78, 5) is 17.9. The van der Waals surface area contributed by atoms with E-state index < -0.39 is 0 Å². The van der Waals surface area contributed by atoms with Crippen LogP contribution in [0.4, 0.5) is 0 Å². The second-order valence-corrected chi connectivity index (χ2v) is 7.38. The lowest BCUT2D eigenvalue weighted by molar-refractivity contribution is -0.131. The Hall–Kier alpha value is -2.32. The molecule has 0 radical (unpaired) electrons. The molecule has 1 unspecified atom stereocenters. The van der Waals surface area contributed by atoms with Gasteiger partial charge in [-0.3, -0.25) is 4.79 Å². The van der Waals surface area contributed by atoms with Crippen molar-refractivity contribution < 1.29 is 9.90 Å². The first-order valence-electron chi connectivity index (χ1n) is 9.49. The Bertz CT molecular complexity index is 725. The molecule has 1 aromatic heterocycles. The average Bonchev–Trinajstić information content (AvgIpc) is 3.12. The van der Waals surface area contributed by atoms with E-state index in [0.717, 1.165) is 44.6 Å². The molecule has 3 rings (SSSR count). The van der Waals surface area contributed by atoms with E-state index in [9.17, 15) is 9.90 Å². The second kappa shape index (κ2) is 9.05. The maximum absolute atomic E-state index is 12.5. The standard InChI is InChI=1S/C19H28N6O2/c1-15(26)12-24-10-8-16(9-11-24)13-23(2)18(27)14-25-21-19(20-22-25)17-6-4-3-5-7-17/h3-7,15-16,26H,8-14H2,1-2H3. The van der Waals surface area contributed by atoms with Crippen molar-refractivity contribution >= 4 is 5.91 Å². The van der Waals surface area contributed by atoms with Gasteiger partial charge in [-0.05, 0) is 44.0 Å². The molecule has 2 aromatic rings. The van der Waals surface area contributed by atoms with Crippen molar-refractivity contribution in [2.75, 3.05) is 33.2 Å². The first kappa shape index (κ1) is 19.4. The summed E-state index contributed by atoms with van der Waals surface area (Å²) in [5.41, 5.74) is 0.883.